The molecule has 0 aliphatic carbocycles. The second kappa shape index (κ2) is 9.22. The molecule has 11 heteroatoms. The van der Waals surface area contributed by atoms with E-state index in [1.54, 1.807) is 28.9 Å². The SMILES string of the molecule is Cc1nn(-c2ccc(C(=O)Nc3ccc(F)c(S(=O)(=O)N4CCOCC4)c3)cc2)c(C)c1Cl. The van der Waals surface area contributed by atoms with Gasteiger partial charge in [0, 0.05) is 24.3 Å². The van der Waals surface area contributed by atoms with Gasteiger partial charge in [0.05, 0.1) is 35.3 Å². The Morgan fingerprint density at radius 2 is 1.79 bits per heavy atom. The highest BCUT2D eigenvalue weighted by Crippen LogP contribution is 2.25. The van der Waals surface area contributed by atoms with Crippen molar-refractivity contribution in [1.29, 1.82) is 0 Å². The molecule has 0 unspecified atom stereocenters. The fourth-order valence-electron chi connectivity index (χ4n) is 3.54. The first-order valence-electron chi connectivity index (χ1n) is 10.2. The molecule has 3 aromatic rings. The number of nitrogens with zero attached hydrogens (tertiary/aromatic N) is 3. The summed E-state index contributed by atoms with van der Waals surface area (Å²) >= 11 is 6.20. The van der Waals surface area contributed by atoms with Gasteiger partial charge in [-0.1, -0.05) is 11.6 Å². The number of sulfonamides is 1. The number of benzene rings is 2. The standard InChI is InChI=1S/C22H22ClFN4O4S/c1-14-21(23)15(2)28(26-14)18-6-3-16(4-7-18)22(29)25-17-5-8-19(24)20(13-17)33(30,31)27-9-11-32-12-10-27/h3-8,13H,9-12H2,1-2H3,(H,25,29). The van der Waals surface area contributed by atoms with Gasteiger partial charge in [-0.25, -0.2) is 17.5 Å². The minimum Gasteiger partial charge on any atom is -0.379 e. The predicted octanol–water partition coefficient (Wildman–Crippen LogP) is 3.55. The number of carbonyl (C=O) groups excluding carboxylic acids is 1. The topological polar surface area (TPSA) is 93.5 Å². The Morgan fingerprint density at radius 1 is 1.12 bits per heavy atom. The number of carbonyl (C=O) groups is 1. The van der Waals surface area contributed by atoms with E-state index in [0.29, 0.717) is 16.3 Å². The van der Waals surface area contributed by atoms with Gasteiger partial charge in [0.25, 0.3) is 5.91 Å². The third-order valence-electron chi connectivity index (χ3n) is 5.35. The van der Waals surface area contributed by atoms with Crippen LogP contribution in [0.3, 0.4) is 0 Å². The first kappa shape index (κ1) is 23.4. The summed E-state index contributed by atoms with van der Waals surface area (Å²) in [5, 5.41) is 7.59. The number of anilines is 1. The van der Waals surface area contributed by atoms with Crippen molar-refractivity contribution in [3.8, 4) is 5.69 Å². The molecular weight excluding hydrogens is 471 g/mol. The van der Waals surface area contributed by atoms with Crippen LogP contribution in [0.25, 0.3) is 5.69 Å². The van der Waals surface area contributed by atoms with Crippen LogP contribution in [0.2, 0.25) is 5.02 Å². The lowest BCUT2D eigenvalue weighted by Crippen LogP contribution is -2.40. The molecule has 0 radical (unpaired) electrons. The highest BCUT2D eigenvalue weighted by atomic mass is 35.5. The first-order chi connectivity index (χ1) is 15.7. The maximum absolute atomic E-state index is 14.4. The van der Waals surface area contributed by atoms with Crippen molar-refractivity contribution in [2.24, 2.45) is 0 Å². The Morgan fingerprint density at radius 3 is 2.39 bits per heavy atom. The quantitative estimate of drug-likeness (QED) is 0.588. The Bertz CT molecular complexity index is 1300. The highest BCUT2D eigenvalue weighted by molar-refractivity contribution is 7.89. The second-order valence-electron chi connectivity index (χ2n) is 7.56. The normalized spacial score (nSPS) is 14.9. The van der Waals surface area contributed by atoms with Crippen molar-refractivity contribution in [1.82, 2.24) is 14.1 Å². The van der Waals surface area contributed by atoms with Gasteiger partial charge in [0.1, 0.15) is 10.7 Å². The second-order valence-corrected chi connectivity index (χ2v) is 9.84. The third kappa shape index (κ3) is 4.65. The molecule has 1 amide bonds. The molecule has 0 spiro atoms. The molecule has 0 bridgehead atoms. The van der Waals surface area contributed by atoms with Gasteiger partial charge >= 0.3 is 0 Å². The molecule has 0 atom stereocenters. The van der Waals surface area contributed by atoms with Crippen LogP contribution in [0.1, 0.15) is 21.7 Å². The van der Waals surface area contributed by atoms with Crippen LogP contribution in [0.4, 0.5) is 10.1 Å². The van der Waals surface area contributed by atoms with E-state index in [-0.39, 0.29) is 32.0 Å². The van der Waals surface area contributed by atoms with E-state index in [4.69, 9.17) is 16.3 Å². The summed E-state index contributed by atoms with van der Waals surface area (Å²) in [5.41, 5.74) is 2.73. The van der Waals surface area contributed by atoms with Crippen molar-refractivity contribution >= 4 is 33.2 Å². The van der Waals surface area contributed by atoms with E-state index in [1.165, 1.54) is 10.4 Å². The molecule has 1 saturated heterocycles. The number of nitrogens with one attached hydrogen (secondary N) is 1. The number of ether oxygens (including phenoxy) is 1. The number of hydrogen-bond acceptors (Lipinski definition) is 5. The first-order valence-corrected chi connectivity index (χ1v) is 12.0. The molecule has 1 aliphatic rings. The van der Waals surface area contributed by atoms with Crippen molar-refractivity contribution in [3.05, 3.63) is 70.3 Å². The molecule has 1 N–H and O–H groups in total. The minimum atomic E-state index is -4.05. The number of rotatable bonds is 5. The number of hydrogen-bond donors (Lipinski definition) is 1. The molecule has 1 aliphatic heterocycles. The van der Waals surface area contributed by atoms with Gasteiger partial charge < -0.3 is 10.1 Å². The maximum Gasteiger partial charge on any atom is 0.255 e. The molecule has 2 aromatic carbocycles. The van der Waals surface area contributed by atoms with Gasteiger partial charge in [0.15, 0.2) is 0 Å². The summed E-state index contributed by atoms with van der Waals surface area (Å²) in [7, 11) is -4.05. The predicted molar refractivity (Wildman–Crippen MR) is 122 cm³/mol. The summed E-state index contributed by atoms with van der Waals surface area (Å²) in [6, 6.07) is 10.2. The Labute approximate surface area is 196 Å². The lowest BCUT2D eigenvalue weighted by Gasteiger charge is -2.26. The van der Waals surface area contributed by atoms with E-state index < -0.39 is 26.6 Å². The van der Waals surface area contributed by atoms with Crippen LogP contribution < -0.4 is 5.32 Å². The average Bonchev–Trinajstić information content (AvgIpc) is 3.08. The van der Waals surface area contributed by atoms with E-state index in [1.807, 2.05) is 13.8 Å². The zero-order valence-electron chi connectivity index (χ0n) is 18.0. The van der Waals surface area contributed by atoms with E-state index in [2.05, 4.69) is 10.4 Å². The molecule has 33 heavy (non-hydrogen) atoms. The Kier molecular flexibility index (Phi) is 6.53. The largest absolute Gasteiger partial charge is 0.379 e. The van der Waals surface area contributed by atoms with Gasteiger partial charge in [-0.3, -0.25) is 4.79 Å². The summed E-state index contributed by atoms with van der Waals surface area (Å²) < 4.78 is 48.1. The number of aryl methyl sites for hydroxylation is 1. The molecule has 1 fully saturated rings. The van der Waals surface area contributed by atoms with Gasteiger partial charge in [0.2, 0.25) is 10.0 Å². The summed E-state index contributed by atoms with van der Waals surface area (Å²) in [6.07, 6.45) is 0. The molecular formula is C22H22ClFN4O4S. The Hall–Kier alpha value is -2.79. The Balaban J connectivity index is 1.54. The number of amides is 1. The zero-order valence-corrected chi connectivity index (χ0v) is 19.6. The van der Waals surface area contributed by atoms with Gasteiger partial charge in [-0.05, 0) is 56.3 Å². The van der Waals surface area contributed by atoms with Crippen LogP contribution in [0.15, 0.2) is 47.4 Å². The molecule has 1 aromatic heterocycles. The van der Waals surface area contributed by atoms with Crippen LogP contribution in [-0.4, -0.2) is 54.7 Å². The summed E-state index contributed by atoms with van der Waals surface area (Å²) in [5.74, 6) is -1.35. The van der Waals surface area contributed by atoms with Gasteiger partial charge in [-0.2, -0.15) is 9.40 Å². The molecule has 2 heterocycles. The smallest absolute Gasteiger partial charge is 0.255 e. The van der Waals surface area contributed by atoms with E-state index in [9.17, 15) is 17.6 Å². The number of halogens is 2. The minimum absolute atomic E-state index is 0.144. The van der Waals surface area contributed by atoms with Crippen LogP contribution in [0, 0.1) is 19.7 Å². The number of aromatic nitrogens is 2. The van der Waals surface area contributed by atoms with Crippen molar-refractivity contribution < 1.29 is 22.3 Å². The maximum atomic E-state index is 14.4. The monoisotopic (exact) mass is 492 g/mol. The van der Waals surface area contributed by atoms with Crippen molar-refractivity contribution in [3.63, 3.8) is 0 Å². The van der Waals surface area contributed by atoms with E-state index >= 15 is 0 Å². The van der Waals surface area contributed by atoms with Crippen LogP contribution in [0.5, 0.6) is 0 Å². The summed E-state index contributed by atoms with van der Waals surface area (Å²) in [6.45, 7) is 4.44. The molecule has 174 valence electrons. The average molecular weight is 493 g/mol. The van der Waals surface area contributed by atoms with Crippen LogP contribution >= 0.6 is 11.6 Å². The lowest BCUT2D eigenvalue weighted by atomic mass is 10.2. The highest BCUT2D eigenvalue weighted by Gasteiger charge is 2.29. The van der Waals surface area contributed by atoms with E-state index in [0.717, 1.165) is 23.5 Å². The van der Waals surface area contributed by atoms with Gasteiger partial charge in [-0.15, -0.1) is 0 Å². The fourth-order valence-corrected chi connectivity index (χ4v) is 5.15. The summed E-state index contributed by atoms with van der Waals surface area (Å²) in [4.78, 5) is 12.2. The molecule has 0 saturated carbocycles. The molecule has 8 nitrogen and oxygen atoms in total. The lowest BCUT2D eigenvalue weighted by molar-refractivity contribution is 0.0729. The molecule has 4 rings (SSSR count). The third-order valence-corrected chi connectivity index (χ3v) is 7.81. The zero-order chi connectivity index (χ0) is 23.8. The van der Waals surface area contributed by atoms with Crippen molar-refractivity contribution in [2.45, 2.75) is 18.7 Å². The van der Waals surface area contributed by atoms with Crippen molar-refractivity contribution in [2.75, 3.05) is 31.6 Å². The number of morpholine rings is 1. The van der Waals surface area contributed by atoms with Crippen LogP contribution in [-0.2, 0) is 14.8 Å². The fraction of sp³-hybridized carbons (Fsp3) is 0.273.